The first-order valence-corrected chi connectivity index (χ1v) is 6.30. The lowest BCUT2D eigenvalue weighted by molar-refractivity contribution is 0.194. The Morgan fingerprint density at radius 1 is 1.19 bits per heavy atom. The summed E-state index contributed by atoms with van der Waals surface area (Å²) >= 11 is 0. The van der Waals surface area contributed by atoms with Crippen LogP contribution in [-0.2, 0) is 6.61 Å². The Morgan fingerprint density at radius 3 is 2.57 bits per heavy atom. The van der Waals surface area contributed by atoms with E-state index < -0.39 is 17.7 Å². The largest absolute Gasteiger partial charge is 0.489 e. The van der Waals surface area contributed by atoms with Gasteiger partial charge in [0, 0.05) is 17.2 Å². The molecule has 0 heterocycles. The summed E-state index contributed by atoms with van der Waals surface area (Å²) in [7, 11) is 0. The molecule has 0 saturated heterocycles. The van der Waals surface area contributed by atoms with Crippen LogP contribution in [0.5, 0.6) is 5.75 Å². The standard InChI is InChI=1S/C16H13F2NO2/c1-10(20)14-4-3-13(7-16(14)18)21-9-12-6-11(8-19)2-5-15(12)17/h2-7,10,20H,9H2,1H3. The van der Waals surface area contributed by atoms with Crippen LogP contribution in [0.25, 0.3) is 0 Å². The highest BCUT2D eigenvalue weighted by molar-refractivity contribution is 5.34. The number of nitrogens with zero attached hydrogens (tertiary/aromatic N) is 1. The quantitative estimate of drug-likeness (QED) is 0.937. The van der Waals surface area contributed by atoms with Gasteiger partial charge in [-0.1, -0.05) is 0 Å². The Kier molecular flexibility index (Phi) is 4.51. The number of hydrogen-bond acceptors (Lipinski definition) is 3. The van der Waals surface area contributed by atoms with Gasteiger partial charge in [0.05, 0.1) is 17.7 Å². The second kappa shape index (κ2) is 6.33. The molecule has 1 N–H and O–H groups in total. The van der Waals surface area contributed by atoms with Crippen molar-refractivity contribution in [3.8, 4) is 11.8 Å². The topological polar surface area (TPSA) is 53.2 Å². The minimum absolute atomic E-state index is 0.116. The number of rotatable bonds is 4. The molecule has 0 bridgehead atoms. The van der Waals surface area contributed by atoms with Gasteiger partial charge < -0.3 is 9.84 Å². The smallest absolute Gasteiger partial charge is 0.132 e. The molecule has 1 atom stereocenters. The first-order valence-electron chi connectivity index (χ1n) is 6.30. The van der Waals surface area contributed by atoms with Crippen LogP contribution in [0.2, 0.25) is 0 Å². The van der Waals surface area contributed by atoms with Gasteiger partial charge in [-0.05, 0) is 37.3 Å². The summed E-state index contributed by atoms with van der Waals surface area (Å²) < 4.78 is 32.5. The average molecular weight is 289 g/mol. The molecule has 2 aromatic carbocycles. The maximum atomic E-state index is 13.7. The highest BCUT2D eigenvalue weighted by Crippen LogP contribution is 2.22. The third-order valence-electron chi connectivity index (χ3n) is 2.99. The van der Waals surface area contributed by atoms with Crippen molar-refractivity contribution in [2.75, 3.05) is 0 Å². The maximum Gasteiger partial charge on any atom is 0.132 e. The van der Waals surface area contributed by atoms with Crippen molar-refractivity contribution in [1.82, 2.24) is 0 Å². The normalized spacial score (nSPS) is 11.8. The molecule has 21 heavy (non-hydrogen) atoms. The molecule has 0 amide bonds. The molecular weight excluding hydrogens is 276 g/mol. The zero-order valence-corrected chi connectivity index (χ0v) is 11.3. The summed E-state index contributed by atoms with van der Waals surface area (Å²) in [6, 6.07) is 9.90. The fourth-order valence-corrected chi connectivity index (χ4v) is 1.85. The van der Waals surface area contributed by atoms with Crippen molar-refractivity contribution in [2.24, 2.45) is 0 Å². The van der Waals surface area contributed by atoms with Crippen LogP contribution in [0.4, 0.5) is 8.78 Å². The number of nitriles is 1. The third kappa shape index (κ3) is 3.56. The Labute approximate surface area is 121 Å². The van der Waals surface area contributed by atoms with Gasteiger partial charge in [-0.3, -0.25) is 0 Å². The van der Waals surface area contributed by atoms with Crippen LogP contribution in [0.3, 0.4) is 0 Å². The summed E-state index contributed by atoms with van der Waals surface area (Å²) in [4.78, 5) is 0. The van der Waals surface area contributed by atoms with Gasteiger partial charge in [0.1, 0.15) is 24.0 Å². The molecule has 3 nitrogen and oxygen atoms in total. The van der Waals surface area contributed by atoms with E-state index in [1.54, 1.807) is 0 Å². The van der Waals surface area contributed by atoms with E-state index >= 15 is 0 Å². The molecule has 0 saturated carbocycles. The summed E-state index contributed by atoms with van der Waals surface area (Å²) in [5, 5.41) is 18.1. The highest BCUT2D eigenvalue weighted by atomic mass is 19.1. The molecule has 108 valence electrons. The van der Waals surface area contributed by atoms with E-state index in [9.17, 15) is 13.9 Å². The molecule has 0 aliphatic carbocycles. The predicted molar refractivity (Wildman–Crippen MR) is 72.5 cm³/mol. The Morgan fingerprint density at radius 2 is 1.95 bits per heavy atom. The molecule has 0 aliphatic rings. The van der Waals surface area contributed by atoms with E-state index in [2.05, 4.69) is 0 Å². The van der Waals surface area contributed by atoms with Gasteiger partial charge in [0.2, 0.25) is 0 Å². The monoisotopic (exact) mass is 289 g/mol. The zero-order valence-electron chi connectivity index (χ0n) is 11.3. The molecule has 0 radical (unpaired) electrons. The number of hydrogen-bond donors (Lipinski definition) is 1. The lowest BCUT2D eigenvalue weighted by atomic mass is 10.1. The maximum absolute atomic E-state index is 13.7. The predicted octanol–water partition coefficient (Wildman–Crippen LogP) is 3.47. The van der Waals surface area contributed by atoms with Crippen molar-refractivity contribution in [2.45, 2.75) is 19.6 Å². The number of aliphatic hydroxyl groups excluding tert-OH is 1. The first-order chi connectivity index (χ1) is 10.0. The van der Waals surface area contributed by atoms with Crippen LogP contribution < -0.4 is 4.74 Å². The minimum atomic E-state index is -0.913. The highest BCUT2D eigenvalue weighted by Gasteiger charge is 2.10. The van der Waals surface area contributed by atoms with Crippen LogP contribution in [0.15, 0.2) is 36.4 Å². The molecule has 0 aromatic heterocycles. The lowest BCUT2D eigenvalue weighted by Crippen LogP contribution is -2.01. The number of aliphatic hydroxyl groups is 1. The Hall–Kier alpha value is -2.45. The molecule has 0 aliphatic heterocycles. The van der Waals surface area contributed by atoms with E-state index in [0.717, 1.165) is 6.07 Å². The summed E-state index contributed by atoms with van der Waals surface area (Å²) in [5.74, 6) is -0.859. The van der Waals surface area contributed by atoms with E-state index in [-0.39, 0.29) is 23.5 Å². The second-order valence-electron chi connectivity index (χ2n) is 4.57. The van der Waals surface area contributed by atoms with Gasteiger partial charge in [-0.2, -0.15) is 5.26 Å². The molecule has 2 aromatic rings. The fourth-order valence-electron chi connectivity index (χ4n) is 1.85. The van der Waals surface area contributed by atoms with E-state index in [0.29, 0.717) is 5.56 Å². The third-order valence-corrected chi connectivity index (χ3v) is 2.99. The van der Waals surface area contributed by atoms with E-state index in [1.807, 2.05) is 6.07 Å². The van der Waals surface area contributed by atoms with Gasteiger partial charge >= 0.3 is 0 Å². The number of ether oxygens (including phenoxy) is 1. The second-order valence-corrected chi connectivity index (χ2v) is 4.57. The van der Waals surface area contributed by atoms with Crippen molar-refractivity contribution in [3.05, 3.63) is 64.7 Å². The van der Waals surface area contributed by atoms with Crippen LogP contribution in [0.1, 0.15) is 29.7 Å². The van der Waals surface area contributed by atoms with E-state index in [4.69, 9.17) is 10.00 Å². The Balaban J connectivity index is 2.14. The number of halogens is 2. The van der Waals surface area contributed by atoms with Gasteiger partial charge in [-0.25, -0.2) is 8.78 Å². The molecule has 5 heteroatoms. The van der Waals surface area contributed by atoms with Crippen molar-refractivity contribution < 1.29 is 18.6 Å². The molecule has 0 spiro atoms. The van der Waals surface area contributed by atoms with Crippen LogP contribution in [0, 0.1) is 23.0 Å². The first kappa shape index (κ1) is 14.9. The van der Waals surface area contributed by atoms with Crippen LogP contribution >= 0.6 is 0 Å². The van der Waals surface area contributed by atoms with Gasteiger partial charge in [0.25, 0.3) is 0 Å². The zero-order chi connectivity index (χ0) is 15.4. The minimum Gasteiger partial charge on any atom is -0.489 e. The van der Waals surface area contributed by atoms with Crippen molar-refractivity contribution in [3.63, 3.8) is 0 Å². The number of benzene rings is 2. The van der Waals surface area contributed by atoms with Gasteiger partial charge in [-0.15, -0.1) is 0 Å². The molecule has 0 fully saturated rings. The fraction of sp³-hybridized carbons (Fsp3) is 0.188. The average Bonchev–Trinajstić information content (AvgIpc) is 2.46. The molecule has 2 rings (SSSR count). The molecular formula is C16H13F2NO2. The van der Waals surface area contributed by atoms with Crippen molar-refractivity contribution >= 4 is 0 Å². The summed E-state index contributed by atoms with van der Waals surface area (Å²) in [6.07, 6.45) is -0.913. The van der Waals surface area contributed by atoms with Crippen LogP contribution in [-0.4, -0.2) is 5.11 Å². The molecule has 1 unspecified atom stereocenters. The Bertz CT molecular complexity index is 693. The lowest BCUT2D eigenvalue weighted by Gasteiger charge is -2.10. The summed E-state index contributed by atoms with van der Waals surface area (Å²) in [6.45, 7) is 1.34. The SMILES string of the molecule is CC(O)c1ccc(OCc2cc(C#N)ccc2F)cc1F. The summed E-state index contributed by atoms with van der Waals surface area (Å²) in [5.41, 5.74) is 0.708. The van der Waals surface area contributed by atoms with E-state index in [1.165, 1.54) is 37.3 Å². The van der Waals surface area contributed by atoms with Crippen molar-refractivity contribution in [1.29, 1.82) is 5.26 Å². The van der Waals surface area contributed by atoms with Gasteiger partial charge in [0.15, 0.2) is 0 Å².